The van der Waals surface area contributed by atoms with Gasteiger partial charge in [-0.2, -0.15) is 0 Å². The molecule has 0 radical (unpaired) electrons. The Labute approximate surface area is 92.3 Å². The van der Waals surface area contributed by atoms with E-state index in [1.165, 1.54) is 17.4 Å². The van der Waals surface area contributed by atoms with Crippen LogP contribution in [-0.2, 0) is 17.8 Å². The van der Waals surface area contributed by atoms with Crippen LogP contribution in [-0.4, -0.2) is 8.76 Å². The van der Waals surface area contributed by atoms with Crippen LogP contribution >= 0.6 is 11.3 Å². The van der Waals surface area contributed by atoms with E-state index in [0.717, 1.165) is 10.9 Å². The third-order valence-corrected chi connectivity index (χ3v) is 3.46. The maximum absolute atomic E-state index is 13.3. The smallest absolute Gasteiger partial charge is 0.232 e. The van der Waals surface area contributed by atoms with Crippen LogP contribution < -0.4 is 4.72 Å². The highest BCUT2D eigenvalue weighted by atomic mass is 32.2. The van der Waals surface area contributed by atoms with Crippen molar-refractivity contribution in [2.75, 3.05) is 0 Å². The average molecular weight is 245 g/mol. The van der Waals surface area contributed by atoms with Crippen molar-refractivity contribution in [1.82, 2.24) is 4.72 Å². The van der Waals surface area contributed by atoms with Crippen LogP contribution in [0.1, 0.15) is 5.56 Å². The number of nitrogens with one attached hydrogen (secondary N) is 1. The van der Waals surface area contributed by atoms with Gasteiger partial charge in [0, 0.05) is 6.54 Å². The Morgan fingerprint density at radius 2 is 2.33 bits per heavy atom. The molecule has 0 bridgehead atoms. The molecule has 6 heteroatoms. The Morgan fingerprint density at radius 1 is 1.53 bits per heavy atom. The Balaban J connectivity index is 2.37. The van der Waals surface area contributed by atoms with E-state index < -0.39 is 11.3 Å². The van der Waals surface area contributed by atoms with Crippen LogP contribution in [0.5, 0.6) is 0 Å². The van der Waals surface area contributed by atoms with Gasteiger partial charge in [-0.25, -0.2) is 13.3 Å². The molecule has 1 atom stereocenters. The summed E-state index contributed by atoms with van der Waals surface area (Å²) in [7, 11) is 0. The van der Waals surface area contributed by atoms with Crippen molar-refractivity contribution in [3.63, 3.8) is 0 Å². The number of hydrogen-bond acceptors (Lipinski definition) is 2. The van der Waals surface area contributed by atoms with Crippen LogP contribution in [0.15, 0.2) is 23.6 Å². The molecule has 15 heavy (non-hydrogen) atoms. The Kier molecular flexibility index (Phi) is 3.11. The zero-order valence-electron chi connectivity index (χ0n) is 7.57. The van der Waals surface area contributed by atoms with Gasteiger partial charge in [-0.1, -0.05) is 12.1 Å². The molecule has 2 rings (SSSR count). The lowest BCUT2D eigenvalue weighted by Crippen LogP contribution is -2.14. The summed E-state index contributed by atoms with van der Waals surface area (Å²) in [6, 6.07) is 4.83. The van der Waals surface area contributed by atoms with E-state index in [0.29, 0.717) is 4.70 Å². The second kappa shape index (κ2) is 4.36. The fraction of sp³-hybridized carbons (Fsp3) is 0.111. The second-order valence-corrected chi connectivity index (χ2v) is 4.61. The molecule has 0 spiro atoms. The maximum Gasteiger partial charge on any atom is 0.232 e. The highest BCUT2D eigenvalue weighted by molar-refractivity contribution is 7.77. The van der Waals surface area contributed by atoms with Gasteiger partial charge in [0.1, 0.15) is 5.82 Å². The molecular weight excluding hydrogens is 237 g/mol. The molecule has 80 valence electrons. The number of rotatable bonds is 3. The SMILES string of the molecule is O=S(O)NCc1csc2c(F)cccc12. The largest absolute Gasteiger partial charge is 0.294 e. The van der Waals surface area contributed by atoms with Crippen LogP contribution in [0.25, 0.3) is 10.1 Å². The first-order valence-electron chi connectivity index (χ1n) is 4.17. The zero-order valence-corrected chi connectivity index (χ0v) is 9.20. The van der Waals surface area contributed by atoms with Crippen LogP contribution in [0, 0.1) is 5.82 Å². The molecular formula is C9H8FNO2S2. The molecule has 0 fully saturated rings. The van der Waals surface area contributed by atoms with Gasteiger partial charge in [0.15, 0.2) is 0 Å². The summed E-state index contributed by atoms with van der Waals surface area (Å²) in [5, 5.41) is 2.58. The van der Waals surface area contributed by atoms with E-state index in [2.05, 4.69) is 4.72 Å². The van der Waals surface area contributed by atoms with Crippen molar-refractivity contribution in [1.29, 1.82) is 0 Å². The van der Waals surface area contributed by atoms with E-state index in [-0.39, 0.29) is 12.4 Å². The molecule has 0 aliphatic heterocycles. The van der Waals surface area contributed by atoms with Crippen LogP contribution in [0.3, 0.4) is 0 Å². The molecule has 3 nitrogen and oxygen atoms in total. The van der Waals surface area contributed by atoms with E-state index in [1.807, 2.05) is 0 Å². The van der Waals surface area contributed by atoms with Gasteiger partial charge in [-0.05, 0) is 22.4 Å². The maximum atomic E-state index is 13.3. The molecule has 2 N–H and O–H groups in total. The fourth-order valence-corrected chi connectivity index (χ4v) is 2.61. The van der Waals surface area contributed by atoms with E-state index in [1.54, 1.807) is 17.5 Å². The van der Waals surface area contributed by atoms with Crippen molar-refractivity contribution in [2.45, 2.75) is 6.54 Å². The van der Waals surface area contributed by atoms with Gasteiger partial charge in [-0.15, -0.1) is 11.3 Å². The summed E-state index contributed by atoms with van der Waals surface area (Å²) in [6.45, 7) is 0.257. The molecule has 1 aromatic heterocycles. The van der Waals surface area contributed by atoms with Crippen molar-refractivity contribution in [3.05, 3.63) is 35.0 Å². The molecule has 2 aromatic rings. The molecule has 0 saturated carbocycles. The van der Waals surface area contributed by atoms with Gasteiger partial charge in [0.2, 0.25) is 11.3 Å². The standard InChI is InChI=1S/C9H8FNO2S2/c10-8-3-1-2-7-6(4-11-15(12)13)5-14-9(7)8/h1-3,5,11H,4H2,(H,12,13). The molecule has 1 unspecified atom stereocenters. The molecule has 1 aromatic carbocycles. The van der Waals surface area contributed by atoms with Gasteiger partial charge >= 0.3 is 0 Å². The predicted molar refractivity (Wildman–Crippen MR) is 59.4 cm³/mol. The predicted octanol–water partition coefficient (Wildman–Crippen LogP) is 2.27. The molecule has 0 aliphatic carbocycles. The first kappa shape index (κ1) is 10.7. The third-order valence-electron chi connectivity index (χ3n) is 2.02. The highest BCUT2D eigenvalue weighted by Gasteiger charge is 2.07. The summed E-state index contributed by atoms with van der Waals surface area (Å²) in [6.07, 6.45) is 0. The van der Waals surface area contributed by atoms with Gasteiger partial charge in [-0.3, -0.25) is 4.55 Å². The number of benzene rings is 1. The lowest BCUT2D eigenvalue weighted by Gasteiger charge is -1.98. The first-order chi connectivity index (χ1) is 7.18. The lowest BCUT2D eigenvalue weighted by molar-refractivity contribution is 0.549. The summed E-state index contributed by atoms with van der Waals surface area (Å²) in [4.78, 5) is 0. The van der Waals surface area contributed by atoms with Crippen LogP contribution in [0.4, 0.5) is 4.39 Å². The quantitative estimate of drug-likeness (QED) is 0.815. The van der Waals surface area contributed by atoms with E-state index >= 15 is 0 Å². The average Bonchev–Trinajstić information content (AvgIpc) is 2.59. The minimum atomic E-state index is -2.04. The third kappa shape index (κ3) is 2.23. The summed E-state index contributed by atoms with van der Waals surface area (Å²) >= 11 is -0.741. The normalized spacial score (nSPS) is 13.2. The van der Waals surface area contributed by atoms with Gasteiger partial charge in [0.05, 0.1) is 4.70 Å². The molecule has 0 saturated heterocycles. The number of hydrogen-bond donors (Lipinski definition) is 2. The van der Waals surface area contributed by atoms with Gasteiger partial charge in [0.25, 0.3) is 0 Å². The Bertz CT molecular complexity index is 512. The van der Waals surface area contributed by atoms with E-state index in [4.69, 9.17) is 4.55 Å². The number of thiophene rings is 1. The van der Waals surface area contributed by atoms with Crippen LogP contribution in [0.2, 0.25) is 0 Å². The molecule has 1 heterocycles. The minimum absolute atomic E-state index is 0.256. The summed E-state index contributed by atoms with van der Waals surface area (Å²) in [5.41, 5.74) is 0.830. The second-order valence-electron chi connectivity index (χ2n) is 2.95. The molecule has 0 aliphatic rings. The number of halogens is 1. The van der Waals surface area contributed by atoms with Crippen molar-refractivity contribution in [3.8, 4) is 0 Å². The Morgan fingerprint density at radius 3 is 3.07 bits per heavy atom. The van der Waals surface area contributed by atoms with E-state index in [9.17, 15) is 8.60 Å². The zero-order chi connectivity index (χ0) is 10.8. The molecule has 0 amide bonds. The van der Waals surface area contributed by atoms with Crippen molar-refractivity contribution in [2.24, 2.45) is 0 Å². The fourth-order valence-electron chi connectivity index (χ4n) is 1.35. The van der Waals surface area contributed by atoms with Crippen molar-refractivity contribution >= 4 is 32.7 Å². The Hall–Kier alpha value is -0.820. The van der Waals surface area contributed by atoms with Crippen molar-refractivity contribution < 1.29 is 13.2 Å². The summed E-state index contributed by atoms with van der Waals surface area (Å²) in [5.74, 6) is -0.256. The minimum Gasteiger partial charge on any atom is -0.294 e. The first-order valence-corrected chi connectivity index (χ1v) is 6.16. The number of fused-ring (bicyclic) bond motifs is 1. The topological polar surface area (TPSA) is 49.3 Å². The summed E-state index contributed by atoms with van der Waals surface area (Å²) < 4.78 is 35.2. The lowest BCUT2D eigenvalue weighted by atomic mass is 10.2. The highest BCUT2D eigenvalue weighted by Crippen LogP contribution is 2.27. The van der Waals surface area contributed by atoms with Gasteiger partial charge < -0.3 is 0 Å². The monoisotopic (exact) mass is 245 g/mol.